The number of hydrogen-bond donors (Lipinski definition) is 3. The van der Waals surface area contributed by atoms with Gasteiger partial charge in [-0.2, -0.15) is 0 Å². The van der Waals surface area contributed by atoms with Gasteiger partial charge < -0.3 is 16.0 Å². The Morgan fingerprint density at radius 3 is 1.62 bits per heavy atom. The molecule has 0 radical (unpaired) electrons. The van der Waals surface area contributed by atoms with Crippen molar-refractivity contribution in [2.75, 3.05) is 13.1 Å². The van der Waals surface area contributed by atoms with Gasteiger partial charge in [-0.3, -0.25) is 9.59 Å². The first-order valence-corrected chi connectivity index (χ1v) is 9.06. The van der Waals surface area contributed by atoms with Crippen molar-refractivity contribution in [1.82, 2.24) is 16.0 Å². The minimum atomic E-state index is -0.181. The van der Waals surface area contributed by atoms with Crippen molar-refractivity contribution < 1.29 is 9.59 Å². The first-order chi connectivity index (χ1) is 12.7. The van der Waals surface area contributed by atoms with Crippen LogP contribution in [0, 0.1) is 11.8 Å². The minimum Gasteiger partial charge on any atom is -0.352 e. The Morgan fingerprint density at radius 1 is 0.769 bits per heavy atom. The molecule has 3 rings (SSSR count). The van der Waals surface area contributed by atoms with Gasteiger partial charge in [-0.25, -0.2) is 0 Å². The zero-order valence-electron chi connectivity index (χ0n) is 14.8. The number of nitrogens with one attached hydrogen (secondary N) is 3. The van der Waals surface area contributed by atoms with Crippen molar-refractivity contribution in [3.8, 4) is 0 Å². The van der Waals surface area contributed by atoms with E-state index in [1.54, 1.807) is 0 Å². The molecule has 1 fully saturated rings. The third-order valence-electron chi connectivity index (χ3n) is 4.71. The van der Waals surface area contributed by atoms with Crippen LogP contribution in [-0.2, 0) is 22.7 Å². The second kappa shape index (κ2) is 9.15. The van der Waals surface area contributed by atoms with Crippen LogP contribution in [0.2, 0.25) is 0 Å². The molecule has 0 unspecified atom stereocenters. The monoisotopic (exact) mass is 351 g/mol. The summed E-state index contributed by atoms with van der Waals surface area (Å²) in [5, 5.41) is 9.17. The number of carbonyl (C=O) groups excluding carboxylic acids is 2. The predicted octanol–water partition coefficient (Wildman–Crippen LogP) is 1.84. The standard InChI is InChI=1S/C21H25N3O2/c25-20(23-12-16-7-3-1-4-8-16)18-11-19(15-22-14-18)21(26)24-13-17-9-5-2-6-10-17/h1-10,18-19,22H,11-15H2,(H,23,25)(H,24,26)/t18-,19-/m1/s1. The smallest absolute Gasteiger partial charge is 0.224 e. The number of piperidine rings is 1. The van der Waals surface area contributed by atoms with Crippen LogP contribution in [0.3, 0.4) is 0 Å². The van der Waals surface area contributed by atoms with Crippen LogP contribution in [0.25, 0.3) is 0 Å². The highest BCUT2D eigenvalue weighted by Gasteiger charge is 2.30. The largest absolute Gasteiger partial charge is 0.352 e. The van der Waals surface area contributed by atoms with Gasteiger partial charge in [-0.1, -0.05) is 60.7 Å². The molecule has 1 saturated heterocycles. The normalized spacial score (nSPS) is 19.5. The van der Waals surface area contributed by atoms with Crippen LogP contribution < -0.4 is 16.0 Å². The van der Waals surface area contributed by atoms with Gasteiger partial charge in [0.1, 0.15) is 0 Å². The second-order valence-corrected chi connectivity index (χ2v) is 6.69. The molecule has 2 atom stereocenters. The molecule has 0 spiro atoms. The Hall–Kier alpha value is -2.66. The van der Waals surface area contributed by atoms with Crippen LogP contribution in [-0.4, -0.2) is 24.9 Å². The number of benzene rings is 2. The lowest BCUT2D eigenvalue weighted by molar-refractivity contribution is -0.129. The zero-order chi connectivity index (χ0) is 18.2. The topological polar surface area (TPSA) is 70.2 Å². The third kappa shape index (κ3) is 5.17. The molecular formula is C21H25N3O2. The third-order valence-corrected chi connectivity index (χ3v) is 4.71. The molecular weight excluding hydrogens is 326 g/mol. The van der Waals surface area contributed by atoms with Crippen LogP contribution in [0.15, 0.2) is 60.7 Å². The van der Waals surface area contributed by atoms with E-state index < -0.39 is 0 Å². The fraction of sp³-hybridized carbons (Fsp3) is 0.333. The maximum absolute atomic E-state index is 12.4. The van der Waals surface area contributed by atoms with Crippen molar-refractivity contribution in [2.24, 2.45) is 11.8 Å². The van der Waals surface area contributed by atoms with Crippen molar-refractivity contribution in [1.29, 1.82) is 0 Å². The molecule has 1 aliphatic rings. The van der Waals surface area contributed by atoms with E-state index >= 15 is 0 Å². The Labute approximate surface area is 154 Å². The molecule has 5 heteroatoms. The average molecular weight is 351 g/mol. The van der Waals surface area contributed by atoms with Gasteiger partial charge in [0.05, 0.1) is 11.8 Å². The maximum atomic E-state index is 12.4. The van der Waals surface area contributed by atoms with E-state index in [0.29, 0.717) is 32.6 Å². The Balaban J connectivity index is 1.47. The lowest BCUT2D eigenvalue weighted by Crippen LogP contribution is -2.48. The molecule has 1 aliphatic heterocycles. The highest BCUT2D eigenvalue weighted by atomic mass is 16.2. The first kappa shape index (κ1) is 18.1. The zero-order valence-corrected chi connectivity index (χ0v) is 14.8. The van der Waals surface area contributed by atoms with Gasteiger partial charge >= 0.3 is 0 Å². The quantitative estimate of drug-likeness (QED) is 0.744. The highest BCUT2D eigenvalue weighted by Crippen LogP contribution is 2.17. The van der Waals surface area contributed by atoms with Gasteiger partial charge in [0.25, 0.3) is 0 Å². The first-order valence-electron chi connectivity index (χ1n) is 9.06. The van der Waals surface area contributed by atoms with E-state index in [-0.39, 0.29) is 23.7 Å². The predicted molar refractivity (Wildman–Crippen MR) is 101 cm³/mol. The van der Waals surface area contributed by atoms with Gasteiger partial charge in [0.15, 0.2) is 0 Å². The molecule has 2 aromatic carbocycles. The fourth-order valence-electron chi connectivity index (χ4n) is 3.20. The van der Waals surface area contributed by atoms with Gasteiger partial charge in [-0.05, 0) is 17.5 Å². The van der Waals surface area contributed by atoms with Crippen molar-refractivity contribution in [3.05, 3.63) is 71.8 Å². The average Bonchev–Trinajstić information content (AvgIpc) is 2.72. The Kier molecular flexibility index (Phi) is 6.39. The molecule has 0 bridgehead atoms. The molecule has 3 N–H and O–H groups in total. The Bertz CT molecular complexity index is 657. The van der Waals surface area contributed by atoms with Crippen molar-refractivity contribution >= 4 is 11.8 Å². The molecule has 0 saturated carbocycles. The van der Waals surface area contributed by atoms with Crippen molar-refractivity contribution in [2.45, 2.75) is 19.5 Å². The van der Waals surface area contributed by atoms with Crippen molar-refractivity contribution in [3.63, 3.8) is 0 Å². The van der Waals surface area contributed by atoms with E-state index in [4.69, 9.17) is 0 Å². The SMILES string of the molecule is O=C(NCc1ccccc1)[C@H]1CNC[C@H](C(=O)NCc2ccccc2)C1. The summed E-state index contributed by atoms with van der Waals surface area (Å²) in [5.74, 6) is -0.358. The molecule has 0 aromatic heterocycles. The molecule has 136 valence electrons. The summed E-state index contributed by atoms with van der Waals surface area (Å²) < 4.78 is 0. The summed E-state index contributed by atoms with van der Waals surface area (Å²) in [6.45, 7) is 2.26. The van der Waals surface area contributed by atoms with Crippen LogP contribution in [0.5, 0.6) is 0 Å². The van der Waals surface area contributed by atoms with Gasteiger partial charge in [-0.15, -0.1) is 0 Å². The summed E-state index contributed by atoms with van der Waals surface area (Å²) in [5.41, 5.74) is 2.14. The molecule has 1 heterocycles. The summed E-state index contributed by atoms with van der Waals surface area (Å²) >= 11 is 0. The number of rotatable bonds is 6. The molecule has 5 nitrogen and oxygen atoms in total. The van der Waals surface area contributed by atoms with Crippen LogP contribution in [0.1, 0.15) is 17.5 Å². The van der Waals surface area contributed by atoms with E-state index in [1.165, 1.54) is 0 Å². The van der Waals surface area contributed by atoms with Gasteiger partial charge in [0.2, 0.25) is 11.8 Å². The van der Waals surface area contributed by atoms with Crippen LogP contribution >= 0.6 is 0 Å². The van der Waals surface area contributed by atoms with Crippen LogP contribution in [0.4, 0.5) is 0 Å². The summed E-state index contributed by atoms with van der Waals surface area (Å²) in [4.78, 5) is 24.9. The lowest BCUT2D eigenvalue weighted by atomic mass is 9.89. The van der Waals surface area contributed by atoms with E-state index in [2.05, 4.69) is 16.0 Å². The maximum Gasteiger partial charge on any atom is 0.224 e. The molecule has 26 heavy (non-hydrogen) atoms. The van der Waals surface area contributed by atoms with E-state index in [0.717, 1.165) is 11.1 Å². The molecule has 2 amide bonds. The summed E-state index contributed by atoms with van der Waals surface area (Å²) in [6, 6.07) is 19.7. The van der Waals surface area contributed by atoms with E-state index in [1.807, 2.05) is 60.7 Å². The highest BCUT2D eigenvalue weighted by molar-refractivity contribution is 5.82. The van der Waals surface area contributed by atoms with E-state index in [9.17, 15) is 9.59 Å². The Morgan fingerprint density at radius 2 is 1.19 bits per heavy atom. The fourth-order valence-corrected chi connectivity index (χ4v) is 3.20. The lowest BCUT2D eigenvalue weighted by Gasteiger charge is -2.28. The number of amides is 2. The summed E-state index contributed by atoms with van der Waals surface area (Å²) in [7, 11) is 0. The molecule has 0 aliphatic carbocycles. The number of carbonyl (C=O) groups is 2. The second-order valence-electron chi connectivity index (χ2n) is 6.69. The molecule has 2 aromatic rings. The minimum absolute atomic E-state index is 0.00177. The number of hydrogen-bond acceptors (Lipinski definition) is 3. The summed E-state index contributed by atoms with van der Waals surface area (Å²) in [6.07, 6.45) is 0.578. The van der Waals surface area contributed by atoms with Gasteiger partial charge in [0, 0.05) is 26.2 Å².